The van der Waals surface area contributed by atoms with Crippen LogP contribution in [0.5, 0.6) is 0 Å². The molecule has 0 fully saturated rings. The Bertz CT molecular complexity index is 515. The Labute approximate surface area is 115 Å². The molecule has 2 aromatic carbocycles. The topological polar surface area (TPSA) is 0 Å². The molecule has 2 aromatic rings. The van der Waals surface area contributed by atoms with Crippen LogP contribution < -0.4 is 0 Å². The summed E-state index contributed by atoms with van der Waals surface area (Å²) in [6.45, 7) is 4.44. The lowest BCUT2D eigenvalue weighted by Gasteiger charge is -2.15. The lowest BCUT2D eigenvalue weighted by Crippen LogP contribution is -1.95. The molecule has 94 valence electrons. The Balaban J connectivity index is 2.53. The van der Waals surface area contributed by atoms with Gasteiger partial charge < -0.3 is 0 Å². The van der Waals surface area contributed by atoms with Gasteiger partial charge in [0.2, 0.25) is 0 Å². The summed E-state index contributed by atoms with van der Waals surface area (Å²) in [5.74, 6) is 0. The highest BCUT2D eigenvalue weighted by Gasteiger charge is 2.10. The molecule has 1 heteroatoms. The molecule has 0 N–H and O–H groups in total. The van der Waals surface area contributed by atoms with Crippen LogP contribution >= 0.6 is 12.6 Å². The maximum atomic E-state index is 4.65. The molecule has 0 aromatic heterocycles. The highest BCUT2D eigenvalue weighted by molar-refractivity contribution is 7.80. The average molecular weight is 256 g/mol. The highest BCUT2D eigenvalue weighted by atomic mass is 32.1. The molecule has 0 spiro atoms. The van der Waals surface area contributed by atoms with Gasteiger partial charge in [0.15, 0.2) is 0 Å². The van der Waals surface area contributed by atoms with Gasteiger partial charge in [-0.2, -0.15) is 0 Å². The summed E-state index contributed by atoms with van der Waals surface area (Å²) in [4.78, 5) is 1.08. The maximum absolute atomic E-state index is 4.65. The Morgan fingerprint density at radius 2 is 1.72 bits per heavy atom. The van der Waals surface area contributed by atoms with E-state index in [0.717, 1.165) is 11.3 Å². The summed E-state index contributed by atoms with van der Waals surface area (Å²) in [7, 11) is 0. The number of benzene rings is 2. The molecule has 0 heterocycles. The van der Waals surface area contributed by atoms with E-state index < -0.39 is 0 Å². The Kier molecular flexibility index (Phi) is 4.48. The van der Waals surface area contributed by atoms with Gasteiger partial charge in [0.05, 0.1) is 0 Å². The zero-order valence-electron chi connectivity index (χ0n) is 11.1. The van der Waals surface area contributed by atoms with Crippen molar-refractivity contribution in [2.45, 2.75) is 38.0 Å². The summed E-state index contributed by atoms with van der Waals surface area (Å²) >= 11 is 4.65. The molecule has 0 aliphatic carbocycles. The van der Waals surface area contributed by atoms with Crippen LogP contribution in [0, 0.1) is 6.92 Å². The van der Waals surface area contributed by atoms with E-state index in [9.17, 15) is 0 Å². The molecule has 2 rings (SSSR count). The van der Waals surface area contributed by atoms with Crippen LogP contribution in [0.4, 0.5) is 0 Å². The molecule has 0 radical (unpaired) electrons. The molecule has 18 heavy (non-hydrogen) atoms. The van der Waals surface area contributed by atoms with E-state index >= 15 is 0 Å². The molecule has 0 atom stereocenters. The smallest absolute Gasteiger partial charge is 0.0122 e. The molecular weight excluding hydrogens is 236 g/mol. The summed E-state index contributed by atoms with van der Waals surface area (Å²) in [6.07, 6.45) is 3.60. The van der Waals surface area contributed by atoms with Gasteiger partial charge in [0.1, 0.15) is 0 Å². The van der Waals surface area contributed by atoms with E-state index in [2.05, 4.69) is 68.9 Å². The molecular formula is C17H20S. The van der Waals surface area contributed by atoms with Crippen LogP contribution in [0.3, 0.4) is 0 Å². The van der Waals surface area contributed by atoms with Gasteiger partial charge in [-0.15, -0.1) is 12.6 Å². The van der Waals surface area contributed by atoms with E-state index in [0.29, 0.717) is 0 Å². The van der Waals surface area contributed by atoms with Gasteiger partial charge in [-0.3, -0.25) is 0 Å². The fraction of sp³-hybridized carbons (Fsp3) is 0.294. The lowest BCUT2D eigenvalue weighted by atomic mass is 9.92. The van der Waals surface area contributed by atoms with E-state index in [1.54, 1.807) is 0 Å². The first-order valence-electron chi connectivity index (χ1n) is 6.61. The third-order valence-corrected chi connectivity index (χ3v) is 3.74. The number of aryl methyl sites for hydroxylation is 1. The van der Waals surface area contributed by atoms with Gasteiger partial charge in [0, 0.05) is 4.90 Å². The van der Waals surface area contributed by atoms with Crippen LogP contribution in [0.2, 0.25) is 0 Å². The van der Waals surface area contributed by atoms with Gasteiger partial charge in [0.25, 0.3) is 0 Å². The van der Waals surface area contributed by atoms with Crippen LogP contribution in [0.25, 0.3) is 11.1 Å². The average Bonchev–Trinajstić information content (AvgIpc) is 2.40. The molecule has 0 aliphatic heterocycles. The van der Waals surface area contributed by atoms with Crippen LogP contribution in [0.1, 0.15) is 30.9 Å². The molecule has 0 saturated heterocycles. The predicted octanol–water partition coefficient (Wildman–Crippen LogP) is 5.29. The maximum Gasteiger partial charge on any atom is 0.0122 e. The Hall–Kier alpha value is -1.21. The minimum atomic E-state index is 1.08. The van der Waals surface area contributed by atoms with Crippen molar-refractivity contribution in [1.29, 1.82) is 0 Å². The summed E-state index contributed by atoms with van der Waals surface area (Å²) in [5.41, 5.74) is 5.42. The first-order valence-corrected chi connectivity index (χ1v) is 7.05. The third-order valence-electron chi connectivity index (χ3n) is 3.37. The largest absolute Gasteiger partial charge is 0.143 e. The molecule has 0 saturated carbocycles. The normalized spacial score (nSPS) is 10.6. The van der Waals surface area contributed by atoms with E-state index in [4.69, 9.17) is 0 Å². The van der Waals surface area contributed by atoms with E-state index in [1.807, 2.05) is 0 Å². The van der Waals surface area contributed by atoms with Crippen molar-refractivity contribution in [1.82, 2.24) is 0 Å². The van der Waals surface area contributed by atoms with Crippen molar-refractivity contribution >= 4 is 12.6 Å². The summed E-state index contributed by atoms with van der Waals surface area (Å²) in [5, 5.41) is 0. The quantitative estimate of drug-likeness (QED) is 0.706. The predicted molar refractivity (Wildman–Crippen MR) is 82.5 cm³/mol. The minimum Gasteiger partial charge on any atom is -0.143 e. The van der Waals surface area contributed by atoms with Crippen LogP contribution in [-0.2, 0) is 6.42 Å². The molecule has 0 bridgehead atoms. The number of thiol groups is 1. The van der Waals surface area contributed by atoms with Crippen molar-refractivity contribution in [3.8, 4) is 11.1 Å². The van der Waals surface area contributed by atoms with Crippen molar-refractivity contribution in [3.63, 3.8) is 0 Å². The number of hydrogen-bond acceptors (Lipinski definition) is 1. The van der Waals surface area contributed by atoms with Crippen molar-refractivity contribution < 1.29 is 0 Å². The standard InChI is InChI=1S/C17H20S/c1-3-4-10-15-13(2)11-12-16(18)17(15)14-8-6-5-7-9-14/h5-9,11-12,18H,3-4,10H2,1-2H3. The first-order chi connectivity index (χ1) is 8.74. The second-order valence-corrected chi connectivity index (χ2v) is 5.21. The zero-order chi connectivity index (χ0) is 13.0. The van der Waals surface area contributed by atoms with E-state index in [1.165, 1.54) is 35.1 Å². The number of hydrogen-bond donors (Lipinski definition) is 1. The van der Waals surface area contributed by atoms with E-state index in [-0.39, 0.29) is 0 Å². The second kappa shape index (κ2) is 6.10. The number of rotatable bonds is 4. The van der Waals surface area contributed by atoms with Gasteiger partial charge in [-0.05, 0) is 48.1 Å². The lowest BCUT2D eigenvalue weighted by molar-refractivity contribution is 0.791. The minimum absolute atomic E-state index is 1.08. The van der Waals surface area contributed by atoms with Gasteiger partial charge >= 0.3 is 0 Å². The molecule has 0 nitrogen and oxygen atoms in total. The summed E-state index contributed by atoms with van der Waals surface area (Å²) in [6, 6.07) is 14.9. The van der Waals surface area contributed by atoms with Crippen LogP contribution in [0.15, 0.2) is 47.4 Å². The van der Waals surface area contributed by atoms with Gasteiger partial charge in [-0.25, -0.2) is 0 Å². The van der Waals surface area contributed by atoms with Crippen LogP contribution in [-0.4, -0.2) is 0 Å². The Morgan fingerprint density at radius 3 is 2.39 bits per heavy atom. The fourth-order valence-electron chi connectivity index (χ4n) is 2.34. The SMILES string of the molecule is CCCCc1c(C)ccc(S)c1-c1ccccc1. The first kappa shape index (κ1) is 13.2. The molecule has 0 unspecified atom stereocenters. The molecule has 0 aliphatic rings. The fourth-order valence-corrected chi connectivity index (χ4v) is 2.68. The third kappa shape index (κ3) is 2.78. The van der Waals surface area contributed by atoms with Crippen molar-refractivity contribution in [3.05, 3.63) is 53.6 Å². The van der Waals surface area contributed by atoms with Gasteiger partial charge in [-0.1, -0.05) is 49.7 Å². The zero-order valence-corrected chi connectivity index (χ0v) is 12.0. The number of unbranched alkanes of at least 4 members (excludes halogenated alkanes) is 1. The molecule has 0 amide bonds. The monoisotopic (exact) mass is 256 g/mol. The highest BCUT2D eigenvalue weighted by Crippen LogP contribution is 2.33. The second-order valence-electron chi connectivity index (χ2n) is 4.72. The summed E-state index contributed by atoms with van der Waals surface area (Å²) < 4.78 is 0. The Morgan fingerprint density at radius 1 is 1.00 bits per heavy atom. The van der Waals surface area contributed by atoms with Crippen molar-refractivity contribution in [2.75, 3.05) is 0 Å². The van der Waals surface area contributed by atoms with Crippen molar-refractivity contribution in [2.24, 2.45) is 0 Å².